The Hall–Kier alpha value is -1.14. The number of amides is 1. The Bertz CT molecular complexity index is 215. The first kappa shape index (κ1) is 12.9. The highest BCUT2D eigenvalue weighted by molar-refractivity contribution is 5.76. The molecule has 0 rings (SSSR count). The van der Waals surface area contributed by atoms with E-state index in [1.807, 2.05) is 0 Å². The molecule has 1 unspecified atom stereocenters. The molecule has 0 bridgehead atoms. The standard InChI is InChI=1S/C8H16N2O4/c1-6(11)10-4-3-9-5-8(2,14)7(12)13/h9,14H,3-5H2,1-2H3,(H,10,11)(H,12,13). The van der Waals surface area contributed by atoms with Gasteiger partial charge in [-0.2, -0.15) is 0 Å². The van der Waals surface area contributed by atoms with Gasteiger partial charge in [-0.25, -0.2) is 4.79 Å². The van der Waals surface area contributed by atoms with E-state index in [4.69, 9.17) is 5.11 Å². The maximum Gasteiger partial charge on any atom is 0.336 e. The van der Waals surface area contributed by atoms with Gasteiger partial charge in [-0.3, -0.25) is 4.79 Å². The number of carbonyl (C=O) groups excluding carboxylic acids is 1. The average molecular weight is 204 g/mol. The Balaban J connectivity index is 3.54. The topological polar surface area (TPSA) is 98.7 Å². The molecule has 0 aliphatic carbocycles. The molecule has 6 nitrogen and oxygen atoms in total. The van der Waals surface area contributed by atoms with Crippen molar-refractivity contribution in [3.8, 4) is 0 Å². The molecule has 0 heterocycles. The van der Waals surface area contributed by atoms with E-state index in [1.165, 1.54) is 13.8 Å². The van der Waals surface area contributed by atoms with Crippen molar-refractivity contribution in [3.63, 3.8) is 0 Å². The molecule has 82 valence electrons. The molecule has 0 spiro atoms. The molecule has 0 saturated heterocycles. The smallest absolute Gasteiger partial charge is 0.336 e. The lowest BCUT2D eigenvalue weighted by Gasteiger charge is -2.18. The third kappa shape index (κ3) is 5.50. The van der Waals surface area contributed by atoms with Crippen LogP contribution >= 0.6 is 0 Å². The lowest BCUT2D eigenvalue weighted by atomic mass is 10.1. The van der Waals surface area contributed by atoms with Gasteiger partial charge in [0.05, 0.1) is 0 Å². The summed E-state index contributed by atoms with van der Waals surface area (Å²) in [5, 5.41) is 23.0. The van der Waals surface area contributed by atoms with Gasteiger partial charge < -0.3 is 20.8 Å². The van der Waals surface area contributed by atoms with Crippen LogP contribution in [-0.2, 0) is 9.59 Å². The minimum absolute atomic E-state index is 0.0537. The molecule has 0 fully saturated rings. The fraction of sp³-hybridized carbons (Fsp3) is 0.750. The van der Waals surface area contributed by atoms with Crippen molar-refractivity contribution in [3.05, 3.63) is 0 Å². The Kier molecular flexibility index (Phi) is 5.11. The number of rotatable bonds is 6. The maximum absolute atomic E-state index is 10.4. The summed E-state index contributed by atoms with van der Waals surface area (Å²) in [4.78, 5) is 20.9. The molecule has 0 aromatic heterocycles. The van der Waals surface area contributed by atoms with Crippen molar-refractivity contribution >= 4 is 11.9 Å². The van der Waals surface area contributed by atoms with Crippen LogP contribution in [-0.4, -0.2) is 47.3 Å². The van der Waals surface area contributed by atoms with E-state index in [-0.39, 0.29) is 12.5 Å². The number of hydrogen-bond acceptors (Lipinski definition) is 4. The first-order chi connectivity index (χ1) is 6.36. The zero-order chi connectivity index (χ0) is 11.2. The summed E-state index contributed by atoms with van der Waals surface area (Å²) in [5.74, 6) is -1.42. The molecular formula is C8H16N2O4. The molecule has 0 aliphatic rings. The van der Waals surface area contributed by atoms with Crippen molar-refractivity contribution in [1.82, 2.24) is 10.6 Å². The van der Waals surface area contributed by atoms with Crippen molar-refractivity contribution in [2.45, 2.75) is 19.4 Å². The predicted octanol–water partition coefficient (Wildman–Crippen LogP) is -1.45. The second-order valence-electron chi connectivity index (χ2n) is 3.24. The lowest BCUT2D eigenvalue weighted by Crippen LogP contribution is -2.46. The number of aliphatic carboxylic acids is 1. The SMILES string of the molecule is CC(=O)NCCNCC(C)(O)C(=O)O. The fourth-order valence-corrected chi connectivity index (χ4v) is 0.734. The summed E-state index contributed by atoms with van der Waals surface area (Å²) < 4.78 is 0. The number of nitrogens with one attached hydrogen (secondary N) is 2. The molecule has 14 heavy (non-hydrogen) atoms. The van der Waals surface area contributed by atoms with Crippen molar-refractivity contribution < 1.29 is 19.8 Å². The van der Waals surface area contributed by atoms with Crippen LogP contribution in [0.25, 0.3) is 0 Å². The normalized spacial score (nSPS) is 14.5. The third-order valence-corrected chi connectivity index (χ3v) is 1.61. The van der Waals surface area contributed by atoms with Gasteiger partial charge in [0, 0.05) is 26.6 Å². The minimum atomic E-state index is -1.77. The maximum atomic E-state index is 10.4. The van der Waals surface area contributed by atoms with Crippen molar-refractivity contribution in [2.75, 3.05) is 19.6 Å². The highest BCUT2D eigenvalue weighted by Crippen LogP contribution is 1.99. The highest BCUT2D eigenvalue weighted by atomic mass is 16.4. The van der Waals surface area contributed by atoms with E-state index in [0.29, 0.717) is 13.1 Å². The molecule has 4 N–H and O–H groups in total. The average Bonchev–Trinajstić information content (AvgIpc) is 2.02. The summed E-state index contributed by atoms with van der Waals surface area (Å²) in [6.07, 6.45) is 0. The third-order valence-electron chi connectivity index (χ3n) is 1.61. The molecular weight excluding hydrogens is 188 g/mol. The summed E-state index contributed by atoms with van der Waals surface area (Å²) >= 11 is 0. The molecule has 1 amide bonds. The fourth-order valence-electron chi connectivity index (χ4n) is 0.734. The molecule has 0 radical (unpaired) electrons. The first-order valence-corrected chi connectivity index (χ1v) is 4.27. The Morgan fingerprint density at radius 1 is 1.36 bits per heavy atom. The minimum Gasteiger partial charge on any atom is -0.479 e. The second-order valence-corrected chi connectivity index (χ2v) is 3.24. The van der Waals surface area contributed by atoms with Gasteiger partial charge in [-0.05, 0) is 6.92 Å². The summed E-state index contributed by atoms with van der Waals surface area (Å²) in [5.41, 5.74) is -1.77. The molecule has 0 aromatic rings. The number of carboxylic acid groups (broad SMARTS) is 1. The summed E-state index contributed by atoms with van der Waals surface area (Å²) in [6, 6.07) is 0. The highest BCUT2D eigenvalue weighted by Gasteiger charge is 2.28. The zero-order valence-corrected chi connectivity index (χ0v) is 8.33. The van der Waals surface area contributed by atoms with Crippen LogP contribution < -0.4 is 10.6 Å². The van der Waals surface area contributed by atoms with Crippen LogP contribution in [0.4, 0.5) is 0 Å². The number of carbonyl (C=O) groups is 2. The molecule has 0 aromatic carbocycles. The van der Waals surface area contributed by atoms with E-state index in [0.717, 1.165) is 0 Å². The van der Waals surface area contributed by atoms with E-state index in [9.17, 15) is 14.7 Å². The summed E-state index contributed by atoms with van der Waals surface area (Å²) in [6.45, 7) is 3.38. The summed E-state index contributed by atoms with van der Waals surface area (Å²) in [7, 11) is 0. The Labute approximate surface area is 82.3 Å². The molecule has 1 atom stereocenters. The van der Waals surface area contributed by atoms with Gasteiger partial charge in [0.1, 0.15) is 0 Å². The lowest BCUT2D eigenvalue weighted by molar-refractivity contribution is -0.156. The van der Waals surface area contributed by atoms with Crippen molar-refractivity contribution in [1.29, 1.82) is 0 Å². The Morgan fingerprint density at radius 2 is 1.93 bits per heavy atom. The van der Waals surface area contributed by atoms with Crippen LogP contribution in [0.3, 0.4) is 0 Å². The van der Waals surface area contributed by atoms with Gasteiger partial charge in [-0.1, -0.05) is 0 Å². The first-order valence-electron chi connectivity index (χ1n) is 4.27. The van der Waals surface area contributed by atoms with Crippen LogP contribution in [0.15, 0.2) is 0 Å². The van der Waals surface area contributed by atoms with E-state index in [2.05, 4.69) is 10.6 Å². The Morgan fingerprint density at radius 3 is 2.36 bits per heavy atom. The molecule has 0 aliphatic heterocycles. The van der Waals surface area contributed by atoms with Gasteiger partial charge >= 0.3 is 5.97 Å². The van der Waals surface area contributed by atoms with E-state index in [1.54, 1.807) is 0 Å². The number of hydrogen-bond donors (Lipinski definition) is 4. The van der Waals surface area contributed by atoms with Crippen LogP contribution in [0.1, 0.15) is 13.8 Å². The largest absolute Gasteiger partial charge is 0.479 e. The van der Waals surface area contributed by atoms with Gasteiger partial charge in [0.25, 0.3) is 0 Å². The zero-order valence-electron chi connectivity index (χ0n) is 8.33. The van der Waals surface area contributed by atoms with E-state index >= 15 is 0 Å². The molecule has 6 heteroatoms. The van der Waals surface area contributed by atoms with Gasteiger partial charge in [-0.15, -0.1) is 0 Å². The monoisotopic (exact) mass is 204 g/mol. The number of aliphatic hydroxyl groups is 1. The van der Waals surface area contributed by atoms with Crippen LogP contribution in [0.5, 0.6) is 0 Å². The van der Waals surface area contributed by atoms with Gasteiger partial charge in [0.2, 0.25) is 5.91 Å². The predicted molar refractivity (Wildman–Crippen MR) is 49.8 cm³/mol. The number of carboxylic acids is 1. The van der Waals surface area contributed by atoms with Gasteiger partial charge in [0.15, 0.2) is 5.60 Å². The second kappa shape index (κ2) is 5.56. The molecule has 0 saturated carbocycles. The van der Waals surface area contributed by atoms with Crippen LogP contribution in [0.2, 0.25) is 0 Å². The van der Waals surface area contributed by atoms with Crippen LogP contribution in [0, 0.1) is 0 Å². The quantitative estimate of drug-likeness (QED) is 0.397. The van der Waals surface area contributed by atoms with Crippen molar-refractivity contribution in [2.24, 2.45) is 0 Å². The van der Waals surface area contributed by atoms with E-state index < -0.39 is 11.6 Å².